The van der Waals surface area contributed by atoms with Crippen LogP contribution in [0, 0.1) is 5.82 Å². The number of hydrogen-bond donors (Lipinski definition) is 1. The van der Waals surface area contributed by atoms with E-state index in [4.69, 9.17) is 5.73 Å². The van der Waals surface area contributed by atoms with Gasteiger partial charge in [0.2, 0.25) is 0 Å². The first-order valence-electron chi connectivity index (χ1n) is 5.51. The molecule has 2 N–H and O–H groups in total. The smallest absolute Gasteiger partial charge is 0.324 e. The second-order valence-corrected chi connectivity index (χ2v) is 5.30. The molecule has 1 unspecified atom stereocenters. The fourth-order valence-corrected chi connectivity index (χ4v) is 2.61. The van der Waals surface area contributed by atoms with Gasteiger partial charge in [0.25, 0.3) is 0 Å². The van der Waals surface area contributed by atoms with Crippen molar-refractivity contribution in [1.82, 2.24) is 0 Å². The molecule has 19 heavy (non-hydrogen) atoms. The second kappa shape index (κ2) is 4.94. The van der Waals surface area contributed by atoms with Gasteiger partial charge in [-0.3, -0.25) is 0 Å². The first-order chi connectivity index (χ1) is 8.79. The topological polar surface area (TPSA) is 26.0 Å². The molecule has 1 aromatic carbocycles. The lowest BCUT2D eigenvalue weighted by Crippen LogP contribution is -2.05. The Morgan fingerprint density at radius 2 is 1.84 bits per heavy atom. The lowest BCUT2D eigenvalue weighted by atomic mass is 10.1. The number of rotatable bonds is 2. The first-order valence-corrected chi connectivity index (χ1v) is 6.33. The molecule has 1 atom stereocenters. The van der Waals surface area contributed by atoms with Gasteiger partial charge in [-0.25, -0.2) is 4.39 Å². The molecule has 6 heteroatoms. The van der Waals surface area contributed by atoms with Crippen LogP contribution in [-0.4, -0.2) is 0 Å². The van der Waals surface area contributed by atoms with Gasteiger partial charge in [0.1, 0.15) is 5.82 Å². The van der Waals surface area contributed by atoms with Crippen molar-refractivity contribution < 1.29 is 17.6 Å². The molecule has 0 aliphatic rings. The summed E-state index contributed by atoms with van der Waals surface area (Å²) in [6.07, 6.45) is -4.48. The van der Waals surface area contributed by atoms with Crippen LogP contribution in [-0.2, 0) is 6.18 Å². The van der Waals surface area contributed by atoms with Gasteiger partial charge in [0.05, 0.1) is 5.56 Å². The third kappa shape index (κ3) is 2.96. The zero-order valence-corrected chi connectivity index (χ0v) is 10.8. The van der Waals surface area contributed by atoms with Crippen molar-refractivity contribution in [3.63, 3.8) is 0 Å². The van der Waals surface area contributed by atoms with Crippen LogP contribution in [0.25, 0.3) is 10.4 Å². The lowest BCUT2D eigenvalue weighted by molar-refractivity contribution is -0.137. The van der Waals surface area contributed by atoms with Gasteiger partial charge < -0.3 is 5.73 Å². The first kappa shape index (κ1) is 14.0. The third-order valence-corrected chi connectivity index (χ3v) is 3.95. The Hall–Kier alpha value is -1.40. The average molecular weight is 289 g/mol. The van der Waals surface area contributed by atoms with E-state index in [0.717, 1.165) is 23.1 Å². The zero-order chi connectivity index (χ0) is 14.2. The van der Waals surface area contributed by atoms with Crippen LogP contribution in [0.4, 0.5) is 17.6 Å². The highest BCUT2D eigenvalue weighted by molar-refractivity contribution is 7.15. The maximum absolute atomic E-state index is 13.7. The van der Waals surface area contributed by atoms with Crippen molar-refractivity contribution in [2.45, 2.75) is 19.1 Å². The molecule has 1 aromatic heterocycles. The largest absolute Gasteiger partial charge is 0.416 e. The maximum atomic E-state index is 13.7. The van der Waals surface area contributed by atoms with E-state index in [9.17, 15) is 17.6 Å². The number of benzene rings is 1. The van der Waals surface area contributed by atoms with E-state index >= 15 is 0 Å². The third-order valence-electron chi connectivity index (χ3n) is 2.63. The highest BCUT2D eigenvalue weighted by Gasteiger charge is 2.31. The zero-order valence-electron chi connectivity index (χ0n) is 9.96. The van der Waals surface area contributed by atoms with Gasteiger partial charge in [-0.15, -0.1) is 11.3 Å². The van der Waals surface area contributed by atoms with Crippen LogP contribution in [0.2, 0.25) is 0 Å². The standard InChI is InChI=1S/C13H11F4NS/c1-7(18)11-4-5-12(19-11)9-6-8(13(15,16)17)2-3-10(9)14/h2-7H,18H2,1H3. The molecule has 0 bridgehead atoms. The minimum Gasteiger partial charge on any atom is -0.324 e. The molecule has 2 aromatic rings. The molecular weight excluding hydrogens is 278 g/mol. The quantitative estimate of drug-likeness (QED) is 0.804. The molecule has 0 aliphatic carbocycles. The molecular formula is C13H11F4NS. The van der Waals surface area contributed by atoms with E-state index in [1.807, 2.05) is 0 Å². The van der Waals surface area contributed by atoms with Gasteiger partial charge in [-0.2, -0.15) is 13.2 Å². The molecule has 0 aliphatic heterocycles. The van der Waals surface area contributed by atoms with Crippen LogP contribution in [0.15, 0.2) is 30.3 Å². The van der Waals surface area contributed by atoms with E-state index in [1.165, 1.54) is 11.3 Å². The van der Waals surface area contributed by atoms with Crippen molar-refractivity contribution in [1.29, 1.82) is 0 Å². The van der Waals surface area contributed by atoms with Crippen molar-refractivity contribution >= 4 is 11.3 Å². The van der Waals surface area contributed by atoms with Gasteiger partial charge in [0, 0.05) is 21.4 Å². The predicted octanol–water partition coefficient (Wildman–Crippen LogP) is 4.59. The van der Waals surface area contributed by atoms with Crippen LogP contribution in [0.3, 0.4) is 0 Å². The van der Waals surface area contributed by atoms with Crippen molar-refractivity contribution in [2.24, 2.45) is 5.73 Å². The summed E-state index contributed by atoms with van der Waals surface area (Å²) in [7, 11) is 0. The van der Waals surface area contributed by atoms with Crippen molar-refractivity contribution in [3.05, 3.63) is 46.6 Å². The molecule has 2 rings (SSSR count). The summed E-state index contributed by atoms with van der Waals surface area (Å²) >= 11 is 1.20. The van der Waals surface area contributed by atoms with Crippen LogP contribution < -0.4 is 5.73 Å². The Kier molecular flexibility index (Phi) is 3.64. The summed E-state index contributed by atoms with van der Waals surface area (Å²) in [4.78, 5) is 1.24. The summed E-state index contributed by atoms with van der Waals surface area (Å²) in [5.41, 5.74) is 4.77. The Labute approximate surface area is 111 Å². The Morgan fingerprint density at radius 1 is 1.16 bits per heavy atom. The normalized spacial score (nSPS) is 13.6. The second-order valence-electron chi connectivity index (χ2n) is 4.18. The molecule has 1 nitrogen and oxygen atoms in total. The summed E-state index contributed by atoms with van der Waals surface area (Å²) in [5, 5.41) is 0. The van der Waals surface area contributed by atoms with Gasteiger partial charge >= 0.3 is 6.18 Å². The van der Waals surface area contributed by atoms with E-state index in [1.54, 1.807) is 19.1 Å². The van der Waals surface area contributed by atoms with Crippen LogP contribution >= 0.6 is 11.3 Å². The highest BCUT2D eigenvalue weighted by Crippen LogP contribution is 2.36. The number of nitrogens with two attached hydrogens (primary N) is 1. The van der Waals surface area contributed by atoms with Gasteiger partial charge in [0.15, 0.2) is 0 Å². The monoisotopic (exact) mass is 289 g/mol. The van der Waals surface area contributed by atoms with Crippen molar-refractivity contribution in [3.8, 4) is 10.4 Å². The van der Waals surface area contributed by atoms with E-state index < -0.39 is 17.6 Å². The number of alkyl halides is 3. The minimum absolute atomic E-state index is 0.0493. The van der Waals surface area contributed by atoms with Crippen LogP contribution in [0.1, 0.15) is 23.4 Å². The molecule has 0 fully saturated rings. The van der Waals surface area contributed by atoms with Gasteiger partial charge in [-0.1, -0.05) is 0 Å². The Balaban J connectivity index is 2.48. The fourth-order valence-electron chi connectivity index (χ4n) is 1.63. The lowest BCUT2D eigenvalue weighted by Gasteiger charge is -2.08. The molecule has 0 saturated carbocycles. The van der Waals surface area contributed by atoms with Crippen molar-refractivity contribution in [2.75, 3.05) is 0 Å². The predicted molar refractivity (Wildman–Crippen MR) is 67.3 cm³/mol. The van der Waals surface area contributed by atoms with Gasteiger partial charge in [-0.05, 0) is 37.3 Å². The average Bonchev–Trinajstić information content (AvgIpc) is 2.77. The molecule has 0 amide bonds. The molecule has 1 heterocycles. The van der Waals surface area contributed by atoms with Crippen LogP contribution in [0.5, 0.6) is 0 Å². The van der Waals surface area contributed by atoms with E-state index in [2.05, 4.69) is 0 Å². The Morgan fingerprint density at radius 3 is 2.37 bits per heavy atom. The number of thiophene rings is 1. The SMILES string of the molecule is CC(N)c1ccc(-c2cc(C(F)(F)F)ccc2F)s1. The Bertz CT molecular complexity index is 587. The molecule has 102 valence electrons. The molecule has 0 radical (unpaired) electrons. The molecule has 0 spiro atoms. The highest BCUT2D eigenvalue weighted by atomic mass is 32.1. The maximum Gasteiger partial charge on any atom is 0.416 e. The minimum atomic E-state index is -4.48. The van der Waals surface area contributed by atoms with E-state index in [0.29, 0.717) is 4.88 Å². The number of hydrogen-bond acceptors (Lipinski definition) is 2. The van der Waals surface area contributed by atoms with E-state index in [-0.39, 0.29) is 11.6 Å². The number of halogens is 4. The summed E-state index contributed by atoms with van der Waals surface area (Å²) in [6.45, 7) is 1.76. The summed E-state index contributed by atoms with van der Waals surface area (Å²) in [5.74, 6) is -0.675. The summed E-state index contributed by atoms with van der Waals surface area (Å²) < 4.78 is 51.5. The summed E-state index contributed by atoms with van der Waals surface area (Å²) in [6, 6.07) is 5.45. The molecule has 0 saturated heterocycles. The fraction of sp³-hybridized carbons (Fsp3) is 0.231.